The molecular weight excluding hydrogens is 418 g/mol. The number of rotatable bonds is 4. The third kappa shape index (κ3) is 3.06. The minimum atomic E-state index is 0.350. The monoisotopic (exact) mass is 445 g/mol. The molecule has 0 N–H and O–H groups in total. The summed E-state index contributed by atoms with van der Waals surface area (Å²) in [4.78, 5) is 9.91. The first-order chi connectivity index (χ1) is 16.5. The molecule has 0 amide bonds. The summed E-state index contributed by atoms with van der Waals surface area (Å²) in [5, 5.41) is 1.02. The third-order valence-corrected chi connectivity index (χ3v) is 6.60. The number of hydrogen-bond acceptors (Lipinski definition) is 3. The van der Waals surface area contributed by atoms with Gasteiger partial charge in [-0.05, 0) is 35.1 Å². The molecule has 0 saturated heterocycles. The van der Waals surface area contributed by atoms with E-state index in [2.05, 4.69) is 80.8 Å². The highest BCUT2D eigenvalue weighted by molar-refractivity contribution is 6.12. The van der Waals surface area contributed by atoms with Gasteiger partial charge in [-0.1, -0.05) is 88.4 Å². The van der Waals surface area contributed by atoms with E-state index in [-0.39, 0.29) is 0 Å². The highest BCUT2D eigenvalue weighted by Crippen LogP contribution is 2.40. The zero-order chi connectivity index (χ0) is 23.4. The van der Waals surface area contributed by atoms with Crippen molar-refractivity contribution in [3.8, 4) is 17.1 Å². The predicted molar refractivity (Wildman–Crippen MR) is 140 cm³/mol. The van der Waals surface area contributed by atoms with Crippen molar-refractivity contribution in [3.05, 3.63) is 90.1 Å². The van der Waals surface area contributed by atoms with E-state index in [1.807, 2.05) is 30.5 Å². The Labute approximate surface area is 198 Å². The highest BCUT2D eigenvalue weighted by Gasteiger charge is 2.25. The van der Waals surface area contributed by atoms with Crippen molar-refractivity contribution in [2.75, 3.05) is 0 Å². The van der Waals surface area contributed by atoms with Gasteiger partial charge in [-0.3, -0.25) is 4.57 Å². The van der Waals surface area contributed by atoms with Gasteiger partial charge in [0.25, 0.3) is 0 Å². The second kappa shape index (κ2) is 7.84. The molecule has 0 aliphatic heterocycles. The van der Waals surface area contributed by atoms with E-state index < -0.39 is 0 Å². The molecule has 4 heteroatoms. The number of aromatic nitrogens is 3. The van der Waals surface area contributed by atoms with E-state index in [4.69, 9.17) is 14.4 Å². The van der Waals surface area contributed by atoms with Gasteiger partial charge < -0.3 is 4.42 Å². The predicted octanol–water partition coefficient (Wildman–Crippen LogP) is 8.23. The van der Waals surface area contributed by atoms with Crippen LogP contribution < -0.4 is 0 Å². The van der Waals surface area contributed by atoms with Crippen molar-refractivity contribution in [3.63, 3.8) is 0 Å². The van der Waals surface area contributed by atoms with E-state index in [0.29, 0.717) is 11.8 Å². The Balaban J connectivity index is 1.85. The molecule has 168 valence electrons. The van der Waals surface area contributed by atoms with Crippen molar-refractivity contribution in [2.45, 2.75) is 39.5 Å². The highest BCUT2D eigenvalue weighted by atomic mass is 16.3. The number of fused-ring (bicyclic) bond motifs is 5. The van der Waals surface area contributed by atoms with Gasteiger partial charge >= 0.3 is 0 Å². The Bertz CT molecular complexity index is 1630. The maximum Gasteiger partial charge on any atom is 0.180 e. The van der Waals surface area contributed by atoms with Gasteiger partial charge in [0.1, 0.15) is 28.0 Å². The quantitative estimate of drug-likeness (QED) is 0.274. The summed E-state index contributed by atoms with van der Waals surface area (Å²) in [6, 6.07) is 25.2. The molecule has 3 heterocycles. The first kappa shape index (κ1) is 20.7. The van der Waals surface area contributed by atoms with Gasteiger partial charge in [-0.2, -0.15) is 0 Å². The number of pyridine rings is 1. The molecule has 3 aromatic carbocycles. The minimum absolute atomic E-state index is 0.350. The van der Waals surface area contributed by atoms with Gasteiger partial charge in [0.15, 0.2) is 5.58 Å². The lowest BCUT2D eigenvalue weighted by molar-refractivity contribution is 0.670. The summed E-state index contributed by atoms with van der Waals surface area (Å²) < 4.78 is 8.78. The van der Waals surface area contributed by atoms with E-state index >= 15 is 0 Å². The molecule has 4 nitrogen and oxygen atoms in total. The Morgan fingerprint density at radius 1 is 0.765 bits per heavy atom. The minimum Gasteiger partial charge on any atom is -0.452 e. The number of benzene rings is 3. The SMILES string of the molecule is CC(C)c1cccc(C(C)C)c1-n1c(-c2ccccc2)nc2cnc3c4ccccc4oc3c21. The molecule has 0 fully saturated rings. The van der Waals surface area contributed by atoms with Crippen LogP contribution in [0.5, 0.6) is 0 Å². The molecule has 0 spiro atoms. The number of furan rings is 1. The summed E-state index contributed by atoms with van der Waals surface area (Å²) in [5.74, 6) is 1.60. The van der Waals surface area contributed by atoms with Crippen LogP contribution in [0.1, 0.15) is 50.7 Å². The summed E-state index contributed by atoms with van der Waals surface area (Å²) in [6.07, 6.45) is 1.88. The average molecular weight is 446 g/mol. The largest absolute Gasteiger partial charge is 0.452 e. The molecule has 0 bridgehead atoms. The lowest BCUT2D eigenvalue weighted by atomic mass is 9.92. The molecule has 0 aliphatic rings. The van der Waals surface area contributed by atoms with Gasteiger partial charge in [-0.25, -0.2) is 9.97 Å². The van der Waals surface area contributed by atoms with E-state index in [1.165, 1.54) is 16.8 Å². The molecular formula is C30H27N3O. The van der Waals surface area contributed by atoms with E-state index in [9.17, 15) is 0 Å². The molecule has 3 aromatic heterocycles. The van der Waals surface area contributed by atoms with E-state index in [1.54, 1.807) is 0 Å². The number of imidazole rings is 1. The Kier molecular flexibility index (Phi) is 4.77. The Hall–Kier alpha value is -3.92. The second-order valence-corrected chi connectivity index (χ2v) is 9.50. The fraction of sp³-hybridized carbons (Fsp3) is 0.200. The summed E-state index contributed by atoms with van der Waals surface area (Å²) in [5.41, 5.74) is 9.14. The van der Waals surface area contributed by atoms with Gasteiger partial charge in [0.2, 0.25) is 0 Å². The lowest BCUT2D eigenvalue weighted by Crippen LogP contribution is -2.08. The van der Waals surface area contributed by atoms with Crippen LogP contribution in [0.15, 0.2) is 83.4 Å². The molecule has 6 rings (SSSR count). The van der Waals surface area contributed by atoms with Crippen LogP contribution in [0.25, 0.3) is 50.2 Å². The summed E-state index contributed by atoms with van der Waals surface area (Å²) in [6.45, 7) is 9.01. The first-order valence-electron chi connectivity index (χ1n) is 11.9. The van der Waals surface area contributed by atoms with Gasteiger partial charge in [-0.15, -0.1) is 0 Å². The van der Waals surface area contributed by atoms with Crippen molar-refractivity contribution < 1.29 is 4.42 Å². The molecule has 0 radical (unpaired) electrons. The fourth-order valence-corrected chi connectivity index (χ4v) is 4.96. The van der Waals surface area contributed by atoms with Crippen LogP contribution in [0.2, 0.25) is 0 Å². The van der Waals surface area contributed by atoms with Crippen LogP contribution in [-0.2, 0) is 0 Å². The smallest absolute Gasteiger partial charge is 0.180 e. The number of para-hydroxylation sites is 2. The molecule has 0 atom stereocenters. The molecule has 6 aromatic rings. The van der Waals surface area contributed by atoms with Crippen molar-refractivity contribution in [1.82, 2.24) is 14.5 Å². The molecule has 0 saturated carbocycles. The van der Waals surface area contributed by atoms with Crippen LogP contribution in [0.3, 0.4) is 0 Å². The lowest BCUT2D eigenvalue weighted by Gasteiger charge is -2.22. The van der Waals surface area contributed by atoms with Crippen LogP contribution in [0, 0.1) is 0 Å². The van der Waals surface area contributed by atoms with Crippen molar-refractivity contribution >= 4 is 33.1 Å². The van der Waals surface area contributed by atoms with Crippen LogP contribution in [-0.4, -0.2) is 14.5 Å². The average Bonchev–Trinajstić information content (AvgIpc) is 3.42. The van der Waals surface area contributed by atoms with Crippen LogP contribution in [0.4, 0.5) is 0 Å². The van der Waals surface area contributed by atoms with E-state index in [0.717, 1.165) is 44.5 Å². The number of nitrogens with zero attached hydrogens (tertiary/aromatic N) is 3. The molecule has 0 aliphatic carbocycles. The number of hydrogen-bond donors (Lipinski definition) is 0. The fourth-order valence-electron chi connectivity index (χ4n) is 4.96. The van der Waals surface area contributed by atoms with Gasteiger partial charge in [0.05, 0.1) is 11.9 Å². The van der Waals surface area contributed by atoms with Crippen molar-refractivity contribution in [2.24, 2.45) is 0 Å². The topological polar surface area (TPSA) is 43.9 Å². The summed E-state index contributed by atoms with van der Waals surface area (Å²) in [7, 11) is 0. The van der Waals surface area contributed by atoms with Crippen molar-refractivity contribution in [1.29, 1.82) is 0 Å². The maximum absolute atomic E-state index is 6.45. The maximum atomic E-state index is 6.45. The standard InChI is InChI=1S/C30H27N3O/c1-18(2)21-14-10-15-22(19(3)4)27(21)33-28-24(32-30(33)20-11-6-5-7-12-20)17-31-26-23-13-8-9-16-25(23)34-29(26)28/h5-19H,1-4H3. The molecule has 0 unspecified atom stereocenters. The summed E-state index contributed by atoms with van der Waals surface area (Å²) >= 11 is 0. The first-order valence-corrected chi connectivity index (χ1v) is 11.9. The Morgan fingerprint density at radius 2 is 1.44 bits per heavy atom. The third-order valence-electron chi connectivity index (χ3n) is 6.60. The van der Waals surface area contributed by atoms with Gasteiger partial charge in [0, 0.05) is 10.9 Å². The normalized spacial score (nSPS) is 12.1. The molecule has 34 heavy (non-hydrogen) atoms. The second-order valence-electron chi connectivity index (χ2n) is 9.50. The van der Waals surface area contributed by atoms with Crippen LogP contribution >= 0.6 is 0 Å². The zero-order valence-corrected chi connectivity index (χ0v) is 19.9. The zero-order valence-electron chi connectivity index (χ0n) is 19.9. The Morgan fingerprint density at radius 3 is 2.15 bits per heavy atom.